The number of carbonyl (C=O) groups excluding carboxylic acids is 1. The minimum absolute atomic E-state index is 0.748. The first-order chi connectivity index (χ1) is 5.90. The molecule has 0 amide bonds. The maximum Gasteiger partial charge on any atom is 0.160 e. The van der Waals surface area contributed by atoms with Crippen molar-refractivity contribution in [2.24, 2.45) is 0 Å². The third-order valence-electron chi connectivity index (χ3n) is 1.47. The zero-order chi connectivity index (χ0) is 8.39. The van der Waals surface area contributed by atoms with Gasteiger partial charge >= 0.3 is 0 Å². The van der Waals surface area contributed by atoms with E-state index in [1.165, 1.54) is 22.9 Å². The molecule has 0 saturated carbocycles. The van der Waals surface area contributed by atoms with Crippen LogP contribution in [0.2, 0.25) is 0 Å². The fourth-order valence-electron chi connectivity index (χ4n) is 0.910. The summed E-state index contributed by atoms with van der Waals surface area (Å²) in [6, 6.07) is 3.80. The molecule has 0 aliphatic carbocycles. The minimum Gasteiger partial charge on any atom is -0.297 e. The van der Waals surface area contributed by atoms with Gasteiger partial charge in [-0.3, -0.25) is 4.79 Å². The molecule has 12 heavy (non-hydrogen) atoms. The summed E-state index contributed by atoms with van der Waals surface area (Å²) in [4.78, 5) is 11.1. The van der Waals surface area contributed by atoms with E-state index in [2.05, 4.69) is 4.37 Å². The Hall–Kier alpha value is -1.00. The molecule has 0 unspecified atom stereocenters. The van der Waals surface area contributed by atoms with Crippen LogP contribution in [-0.2, 0) is 0 Å². The molecule has 2 nitrogen and oxygen atoms in total. The van der Waals surface area contributed by atoms with Crippen LogP contribution in [0.15, 0.2) is 22.9 Å². The van der Waals surface area contributed by atoms with E-state index in [0.29, 0.717) is 0 Å². The van der Waals surface area contributed by atoms with Gasteiger partial charge in [-0.1, -0.05) is 0 Å². The SMILES string of the molecule is O=Cc1cc(-c2ccsn2)cs1. The van der Waals surface area contributed by atoms with Gasteiger partial charge in [0.2, 0.25) is 0 Å². The van der Waals surface area contributed by atoms with Gasteiger partial charge in [-0.2, -0.15) is 4.37 Å². The van der Waals surface area contributed by atoms with Crippen LogP contribution in [0, 0.1) is 0 Å². The molecule has 0 aliphatic rings. The van der Waals surface area contributed by atoms with Crippen LogP contribution in [-0.4, -0.2) is 10.7 Å². The van der Waals surface area contributed by atoms with Crippen molar-refractivity contribution in [3.8, 4) is 11.3 Å². The standard InChI is InChI=1S/C8H5NOS2/c10-4-7-3-6(5-11-7)8-1-2-12-9-8/h1-5H. The van der Waals surface area contributed by atoms with Crippen molar-refractivity contribution in [2.75, 3.05) is 0 Å². The average molecular weight is 195 g/mol. The van der Waals surface area contributed by atoms with E-state index in [1.807, 2.05) is 22.9 Å². The largest absolute Gasteiger partial charge is 0.297 e. The zero-order valence-corrected chi connectivity index (χ0v) is 7.69. The lowest BCUT2D eigenvalue weighted by Crippen LogP contribution is -1.70. The molecule has 2 heterocycles. The van der Waals surface area contributed by atoms with Crippen LogP contribution in [0.5, 0.6) is 0 Å². The van der Waals surface area contributed by atoms with Gasteiger partial charge in [-0.15, -0.1) is 11.3 Å². The summed E-state index contributed by atoms with van der Waals surface area (Å²) in [5.41, 5.74) is 1.98. The van der Waals surface area contributed by atoms with Crippen LogP contribution in [0.25, 0.3) is 11.3 Å². The van der Waals surface area contributed by atoms with Crippen molar-refractivity contribution in [3.05, 3.63) is 27.8 Å². The van der Waals surface area contributed by atoms with E-state index in [4.69, 9.17) is 0 Å². The van der Waals surface area contributed by atoms with E-state index < -0.39 is 0 Å². The number of carbonyl (C=O) groups is 1. The quantitative estimate of drug-likeness (QED) is 0.689. The van der Waals surface area contributed by atoms with Crippen molar-refractivity contribution < 1.29 is 4.79 Å². The minimum atomic E-state index is 0.748. The molecule has 4 heteroatoms. The number of thiophene rings is 1. The smallest absolute Gasteiger partial charge is 0.160 e. The summed E-state index contributed by atoms with van der Waals surface area (Å²) in [6.45, 7) is 0. The molecule has 0 N–H and O–H groups in total. The third kappa shape index (κ3) is 1.31. The van der Waals surface area contributed by atoms with E-state index in [1.54, 1.807) is 0 Å². The van der Waals surface area contributed by atoms with Crippen molar-refractivity contribution in [1.29, 1.82) is 0 Å². The predicted molar refractivity (Wildman–Crippen MR) is 50.8 cm³/mol. The van der Waals surface area contributed by atoms with E-state index >= 15 is 0 Å². The van der Waals surface area contributed by atoms with Gasteiger partial charge in [0.25, 0.3) is 0 Å². The highest BCUT2D eigenvalue weighted by molar-refractivity contribution is 7.12. The zero-order valence-electron chi connectivity index (χ0n) is 6.06. The molecular weight excluding hydrogens is 190 g/mol. The lowest BCUT2D eigenvalue weighted by atomic mass is 10.2. The Bertz CT molecular complexity index is 377. The molecular formula is C8H5NOS2. The van der Waals surface area contributed by atoms with Crippen molar-refractivity contribution in [2.45, 2.75) is 0 Å². The molecule has 0 fully saturated rings. The van der Waals surface area contributed by atoms with Gasteiger partial charge in [0.15, 0.2) is 6.29 Å². The van der Waals surface area contributed by atoms with Crippen LogP contribution in [0.4, 0.5) is 0 Å². The molecule has 0 bridgehead atoms. The Labute approximate surface area is 77.7 Å². The summed E-state index contributed by atoms with van der Waals surface area (Å²) in [5.74, 6) is 0. The number of aromatic nitrogens is 1. The summed E-state index contributed by atoms with van der Waals surface area (Å²) in [7, 11) is 0. The Kier molecular flexibility index (Phi) is 2.01. The number of aldehydes is 1. The first kappa shape index (κ1) is 7.64. The van der Waals surface area contributed by atoms with Gasteiger partial charge < -0.3 is 0 Å². The maximum atomic E-state index is 10.4. The number of hydrogen-bond donors (Lipinski definition) is 0. The lowest BCUT2D eigenvalue weighted by Gasteiger charge is -1.84. The summed E-state index contributed by atoms with van der Waals surface area (Å²) < 4.78 is 4.17. The molecule has 0 aromatic carbocycles. The summed E-state index contributed by atoms with van der Waals surface area (Å²) >= 11 is 2.86. The second-order valence-electron chi connectivity index (χ2n) is 2.24. The highest BCUT2D eigenvalue weighted by Crippen LogP contribution is 2.23. The van der Waals surface area contributed by atoms with Crippen LogP contribution < -0.4 is 0 Å². The average Bonchev–Trinajstić information content (AvgIpc) is 2.75. The molecule has 2 aromatic heterocycles. The number of hydrogen-bond acceptors (Lipinski definition) is 4. The van der Waals surface area contributed by atoms with Crippen LogP contribution in [0.1, 0.15) is 9.67 Å². The van der Waals surface area contributed by atoms with E-state index in [9.17, 15) is 4.79 Å². The topological polar surface area (TPSA) is 30.0 Å². The molecule has 60 valence electrons. The highest BCUT2D eigenvalue weighted by atomic mass is 32.1. The fraction of sp³-hybridized carbons (Fsp3) is 0. The second-order valence-corrected chi connectivity index (χ2v) is 3.85. The molecule has 0 atom stereocenters. The van der Waals surface area contributed by atoms with Gasteiger partial charge in [0.1, 0.15) is 0 Å². The predicted octanol–water partition coefficient (Wildman–Crippen LogP) is 2.68. The Morgan fingerprint density at radius 1 is 1.50 bits per heavy atom. The lowest BCUT2D eigenvalue weighted by molar-refractivity contribution is 0.112. The molecule has 0 saturated heterocycles. The first-order valence-corrected chi connectivity index (χ1v) is 5.06. The molecule has 0 radical (unpaired) electrons. The van der Waals surface area contributed by atoms with Crippen molar-refractivity contribution >= 4 is 29.2 Å². The van der Waals surface area contributed by atoms with Gasteiger partial charge in [0.05, 0.1) is 10.6 Å². The Morgan fingerprint density at radius 3 is 3.00 bits per heavy atom. The fourth-order valence-corrected chi connectivity index (χ4v) is 2.14. The van der Waals surface area contributed by atoms with Gasteiger partial charge in [-0.25, -0.2) is 0 Å². The summed E-state index contributed by atoms with van der Waals surface area (Å²) in [5, 5.41) is 3.87. The first-order valence-electron chi connectivity index (χ1n) is 3.34. The normalized spacial score (nSPS) is 10.0. The number of rotatable bonds is 2. The summed E-state index contributed by atoms with van der Waals surface area (Å²) in [6.07, 6.45) is 0.862. The van der Waals surface area contributed by atoms with Gasteiger partial charge in [-0.05, 0) is 23.7 Å². The van der Waals surface area contributed by atoms with Crippen LogP contribution in [0.3, 0.4) is 0 Å². The molecule has 2 rings (SSSR count). The van der Waals surface area contributed by atoms with E-state index in [-0.39, 0.29) is 0 Å². The third-order valence-corrected chi connectivity index (χ3v) is 2.89. The molecule has 2 aromatic rings. The Balaban J connectivity index is 2.41. The molecule has 0 spiro atoms. The monoisotopic (exact) mass is 195 g/mol. The van der Waals surface area contributed by atoms with Crippen LogP contribution >= 0.6 is 22.9 Å². The second kappa shape index (κ2) is 3.16. The van der Waals surface area contributed by atoms with E-state index in [0.717, 1.165) is 22.4 Å². The highest BCUT2D eigenvalue weighted by Gasteiger charge is 2.02. The van der Waals surface area contributed by atoms with Crippen molar-refractivity contribution in [1.82, 2.24) is 4.37 Å². The van der Waals surface area contributed by atoms with Gasteiger partial charge in [0, 0.05) is 16.3 Å². The maximum absolute atomic E-state index is 10.4. The Morgan fingerprint density at radius 2 is 2.42 bits per heavy atom. The van der Waals surface area contributed by atoms with Crippen molar-refractivity contribution in [3.63, 3.8) is 0 Å². The molecule has 0 aliphatic heterocycles. The number of nitrogens with zero attached hydrogens (tertiary/aromatic N) is 1.